The van der Waals surface area contributed by atoms with E-state index in [1.165, 1.54) is 51.4 Å². The fourth-order valence-corrected chi connectivity index (χ4v) is 3.55. The molecule has 0 heterocycles. The van der Waals surface area contributed by atoms with Crippen LogP contribution >= 0.6 is 0 Å². The number of hydrogen-bond acceptors (Lipinski definition) is 2. The second-order valence-corrected chi connectivity index (χ2v) is 6.29. The minimum absolute atomic E-state index is 0.399. The molecular formula is C14H25NO. The van der Waals surface area contributed by atoms with Crippen LogP contribution in [0, 0.1) is 17.8 Å². The summed E-state index contributed by atoms with van der Waals surface area (Å²) in [7, 11) is 0. The average Bonchev–Trinajstić information content (AvgIpc) is 2.03. The Hall–Kier alpha value is -0.0800. The lowest BCUT2D eigenvalue weighted by Crippen LogP contribution is -2.54. The van der Waals surface area contributed by atoms with E-state index in [0.29, 0.717) is 12.5 Å². The van der Waals surface area contributed by atoms with Gasteiger partial charge in [-0.1, -0.05) is 12.8 Å². The van der Waals surface area contributed by atoms with Crippen molar-refractivity contribution >= 4 is 0 Å². The van der Waals surface area contributed by atoms with Crippen molar-refractivity contribution in [3.05, 3.63) is 0 Å². The van der Waals surface area contributed by atoms with Gasteiger partial charge in [-0.25, -0.2) is 0 Å². The fraction of sp³-hybridized carbons (Fsp3) is 1.00. The van der Waals surface area contributed by atoms with E-state index in [1.54, 1.807) is 0 Å². The molecule has 0 amide bonds. The van der Waals surface area contributed by atoms with Crippen LogP contribution in [0.3, 0.4) is 0 Å². The number of aliphatic hydroxyl groups excluding tert-OH is 1. The minimum atomic E-state index is 0.399. The normalized spacial score (nSPS) is 35.6. The molecule has 0 aromatic carbocycles. The van der Waals surface area contributed by atoms with Crippen molar-refractivity contribution < 1.29 is 5.11 Å². The van der Waals surface area contributed by atoms with Crippen molar-refractivity contribution in [1.29, 1.82) is 0 Å². The van der Waals surface area contributed by atoms with E-state index >= 15 is 0 Å². The van der Waals surface area contributed by atoms with Crippen molar-refractivity contribution in [3.8, 4) is 0 Å². The molecule has 16 heavy (non-hydrogen) atoms. The van der Waals surface area contributed by atoms with Crippen molar-refractivity contribution in [2.24, 2.45) is 17.8 Å². The maximum atomic E-state index is 9.04. The zero-order valence-corrected chi connectivity index (χ0v) is 10.2. The van der Waals surface area contributed by atoms with Gasteiger partial charge in [-0.05, 0) is 56.3 Å². The van der Waals surface area contributed by atoms with Gasteiger partial charge in [0.15, 0.2) is 0 Å². The summed E-state index contributed by atoms with van der Waals surface area (Å²) in [5.74, 6) is 2.57. The highest BCUT2D eigenvalue weighted by atomic mass is 16.3. The first-order valence-electron chi connectivity index (χ1n) is 7.23. The van der Waals surface area contributed by atoms with Gasteiger partial charge in [0.25, 0.3) is 0 Å². The number of hydrogen-bond donors (Lipinski definition) is 2. The Bertz CT molecular complexity index is 215. The summed E-state index contributed by atoms with van der Waals surface area (Å²) >= 11 is 0. The molecule has 0 saturated heterocycles. The Morgan fingerprint density at radius 1 is 1.00 bits per heavy atom. The largest absolute Gasteiger partial charge is 0.396 e. The van der Waals surface area contributed by atoms with E-state index in [-0.39, 0.29) is 0 Å². The van der Waals surface area contributed by atoms with Gasteiger partial charge in [0.1, 0.15) is 0 Å². The smallest absolute Gasteiger partial charge is 0.0460 e. The first kappa shape index (κ1) is 11.0. The molecule has 92 valence electrons. The fourth-order valence-electron chi connectivity index (χ4n) is 3.55. The lowest BCUT2D eigenvalue weighted by Gasteiger charge is -2.47. The molecule has 3 fully saturated rings. The highest BCUT2D eigenvalue weighted by molar-refractivity contribution is 4.95. The first-order valence-corrected chi connectivity index (χ1v) is 7.23. The molecule has 3 aliphatic carbocycles. The molecule has 0 bridgehead atoms. The van der Waals surface area contributed by atoms with Gasteiger partial charge in [-0.3, -0.25) is 0 Å². The number of nitrogens with one attached hydrogen (secondary N) is 1. The van der Waals surface area contributed by atoms with E-state index in [9.17, 15) is 0 Å². The summed E-state index contributed by atoms with van der Waals surface area (Å²) in [4.78, 5) is 0. The van der Waals surface area contributed by atoms with Crippen LogP contribution in [0.2, 0.25) is 0 Å². The van der Waals surface area contributed by atoms with E-state index in [0.717, 1.165) is 23.9 Å². The lowest BCUT2D eigenvalue weighted by atomic mass is 9.67. The first-order chi connectivity index (χ1) is 7.86. The summed E-state index contributed by atoms with van der Waals surface area (Å²) < 4.78 is 0. The molecule has 2 nitrogen and oxygen atoms in total. The Morgan fingerprint density at radius 2 is 1.56 bits per heavy atom. The van der Waals surface area contributed by atoms with E-state index in [2.05, 4.69) is 5.32 Å². The van der Waals surface area contributed by atoms with Crippen molar-refractivity contribution in [2.75, 3.05) is 6.61 Å². The molecule has 0 radical (unpaired) electrons. The van der Waals surface area contributed by atoms with Crippen LogP contribution in [-0.4, -0.2) is 23.8 Å². The molecule has 0 unspecified atom stereocenters. The number of aliphatic hydroxyl groups is 1. The average molecular weight is 223 g/mol. The maximum Gasteiger partial charge on any atom is 0.0460 e. The van der Waals surface area contributed by atoms with Gasteiger partial charge in [0.2, 0.25) is 0 Å². The second-order valence-electron chi connectivity index (χ2n) is 6.29. The van der Waals surface area contributed by atoms with Crippen LogP contribution < -0.4 is 5.32 Å². The zero-order chi connectivity index (χ0) is 11.0. The topological polar surface area (TPSA) is 32.3 Å². The van der Waals surface area contributed by atoms with Crippen LogP contribution in [0.25, 0.3) is 0 Å². The van der Waals surface area contributed by atoms with Gasteiger partial charge in [0.05, 0.1) is 0 Å². The summed E-state index contributed by atoms with van der Waals surface area (Å²) in [5.41, 5.74) is 0. The molecule has 0 atom stereocenters. The molecule has 2 heteroatoms. The van der Waals surface area contributed by atoms with E-state index < -0.39 is 0 Å². The highest BCUT2D eigenvalue weighted by Crippen LogP contribution is 2.41. The van der Waals surface area contributed by atoms with Crippen LogP contribution in [0.5, 0.6) is 0 Å². The Kier molecular flexibility index (Phi) is 3.21. The van der Waals surface area contributed by atoms with Gasteiger partial charge in [-0.2, -0.15) is 0 Å². The molecule has 2 N–H and O–H groups in total. The van der Waals surface area contributed by atoms with Gasteiger partial charge >= 0.3 is 0 Å². The summed E-state index contributed by atoms with van der Waals surface area (Å²) in [6.45, 7) is 0.399. The van der Waals surface area contributed by atoms with Gasteiger partial charge < -0.3 is 10.4 Å². The lowest BCUT2D eigenvalue weighted by molar-refractivity contribution is 0.0679. The molecule has 0 aromatic heterocycles. The number of rotatable bonds is 5. The van der Waals surface area contributed by atoms with E-state index in [4.69, 9.17) is 5.11 Å². The Balaban J connectivity index is 1.49. The molecule has 3 aliphatic rings. The van der Waals surface area contributed by atoms with Crippen LogP contribution in [0.4, 0.5) is 0 Å². The van der Waals surface area contributed by atoms with Crippen molar-refractivity contribution in [1.82, 2.24) is 5.32 Å². The summed E-state index contributed by atoms with van der Waals surface area (Å²) in [6.07, 6.45) is 11.2. The third kappa shape index (κ3) is 2.02. The Labute approximate surface area is 98.8 Å². The molecule has 3 saturated carbocycles. The minimum Gasteiger partial charge on any atom is -0.396 e. The quantitative estimate of drug-likeness (QED) is 0.749. The molecule has 0 aliphatic heterocycles. The summed E-state index contributed by atoms with van der Waals surface area (Å²) in [5, 5.41) is 13.0. The maximum absolute atomic E-state index is 9.04. The Morgan fingerprint density at radius 3 is 1.94 bits per heavy atom. The van der Waals surface area contributed by atoms with Crippen LogP contribution in [0.15, 0.2) is 0 Å². The summed E-state index contributed by atoms with van der Waals surface area (Å²) in [6, 6.07) is 1.55. The van der Waals surface area contributed by atoms with Crippen LogP contribution in [0.1, 0.15) is 51.4 Å². The highest BCUT2D eigenvalue weighted by Gasteiger charge is 2.39. The van der Waals surface area contributed by atoms with Crippen molar-refractivity contribution in [3.63, 3.8) is 0 Å². The van der Waals surface area contributed by atoms with Crippen LogP contribution in [-0.2, 0) is 0 Å². The molecule has 3 rings (SSSR count). The van der Waals surface area contributed by atoms with Crippen molar-refractivity contribution in [2.45, 2.75) is 63.5 Å². The van der Waals surface area contributed by atoms with E-state index in [1.807, 2.05) is 0 Å². The SMILES string of the molecule is OC[C@H]1C[C@H](NC(C2CCC2)C2CCC2)C1. The molecule has 0 spiro atoms. The second kappa shape index (κ2) is 4.66. The molecule has 0 aromatic rings. The predicted molar refractivity (Wildman–Crippen MR) is 65.2 cm³/mol. The van der Waals surface area contributed by atoms with Gasteiger partial charge in [0, 0.05) is 18.7 Å². The zero-order valence-electron chi connectivity index (χ0n) is 10.2. The third-order valence-electron chi connectivity index (χ3n) is 5.24. The standard InChI is InChI=1S/C14H25NO/c16-9-10-7-13(8-10)15-14(11-3-1-4-11)12-5-2-6-12/h10-16H,1-9H2/t10-,13-. The molecular weight excluding hydrogens is 198 g/mol. The van der Waals surface area contributed by atoms with Gasteiger partial charge in [-0.15, -0.1) is 0 Å². The monoisotopic (exact) mass is 223 g/mol. The predicted octanol–water partition coefficient (Wildman–Crippen LogP) is 2.32. The third-order valence-corrected chi connectivity index (χ3v) is 5.24.